The highest BCUT2D eigenvalue weighted by molar-refractivity contribution is 5.95. The fraction of sp³-hybridized carbons (Fsp3) is 0.528. The van der Waals surface area contributed by atoms with Gasteiger partial charge in [-0.3, -0.25) is 24.0 Å². The van der Waals surface area contributed by atoms with Crippen molar-refractivity contribution >= 4 is 29.5 Å². The van der Waals surface area contributed by atoms with Crippen LogP contribution in [0.25, 0.3) is 11.1 Å². The largest absolute Gasteiger partial charge is 0.508 e. The molecular formula is C36H55N9O7. The Labute approximate surface area is 304 Å². The topological polar surface area (TPSA) is 290 Å². The normalized spacial score (nSPS) is 18.2. The number of carbonyl (C=O) groups excluding carboxylic acids is 5. The molecule has 2 aromatic rings. The fourth-order valence-electron chi connectivity index (χ4n) is 5.84. The zero-order chi connectivity index (χ0) is 38.0. The number of phenols is 2. The van der Waals surface area contributed by atoms with Gasteiger partial charge in [-0.1, -0.05) is 18.6 Å². The SMILES string of the molecule is NCCC[C@H](NC(=O)[C@@H]1Cc2cc(ccc2O)-c2ccc(O)c(c2)C[C@H](N)C(=O)N[C@@H](CCCN)C(=O)N1)C(=O)NCCCCCC(=O)NCCN. The Morgan fingerprint density at radius 2 is 1.42 bits per heavy atom. The number of amides is 5. The Kier molecular flexibility index (Phi) is 17.3. The zero-order valence-corrected chi connectivity index (χ0v) is 29.6. The third kappa shape index (κ3) is 13.1. The third-order valence-corrected chi connectivity index (χ3v) is 8.83. The molecule has 52 heavy (non-hydrogen) atoms. The van der Waals surface area contributed by atoms with Crippen LogP contribution in [0.1, 0.15) is 62.5 Å². The van der Waals surface area contributed by atoms with E-state index in [2.05, 4.69) is 26.6 Å². The third-order valence-electron chi connectivity index (χ3n) is 8.83. The van der Waals surface area contributed by atoms with Gasteiger partial charge in [0.2, 0.25) is 29.5 Å². The Balaban J connectivity index is 1.86. The number of hydrogen-bond donors (Lipinski definition) is 11. The number of unbranched alkanes of at least 4 members (excludes halogenated alkanes) is 2. The first kappa shape index (κ1) is 41.6. The Morgan fingerprint density at radius 3 is 2.06 bits per heavy atom. The minimum absolute atomic E-state index is 0.0225. The van der Waals surface area contributed by atoms with E-state index in [1.807, 2.05) is 0 Å². The van der Waals surface area contributed by atoms with Crippen LogP contribution in [-0.4, -0.2) is 96.6 Å². The number of fused-ring (bicyclic) bond motifs is 5. The summed E-state index contributed by atoms with van der Waals surface area (Å²) >= 11 is 0. The molecule has 0 radical (unpaired) electrons. The highest BCUT2D eigenvalue weighted by Gasteiger charge is 2.31. The standard InChI is InChI=1S/C36H55N9O7/c37-13-4-6-27(34(50)42-16-3-1-2-8-32(48)41-17-15-39)44-36(52)29-21-25-19-23(10-12-31(25)47)22-9-11-30(46)24(18-22)20-26(40)33(49)43-28(7-5-14-38)35(51)45-29/h9-12,18-19,26-29,46-47H,1-8,13-17,20-21,37-40H2,(H,41,48)(H,42,50)(H,43,49)(H,44,52)(H,45,51)/t26-,27-,28-,29-/m0/s1. The van der Waals surface area contributed by atoms with E-state index in [0.717, 1.165) is 0 Å². The van der Waals surface area contributed by atoms with Crippen molar-refractivity contribution in [3.63, 3.8) is 0 Å². The van der Waals surface area contributed by atoms with E-state index in [4.69, 9.17) is 22.9 Å². The Hall–Kier alpha value is -4.77. The monoisotopic (exact) mass is 725 g/mol. The number of carbonyl (C=O) groups is 5. The van der Waals surface area contributed by atoms with Crippen molar-refractivity contribution < 1.29 is 34.2 Å². The van der Waals surface area contributed by atoms with Crippen LogP contribution >= 0.6 is 0 Å². The highest BCUT2D eigenvalue weighted by Crippen LogP contribution is 2.31. The Bertz CT molecular complexity index is 1520. The van der Waals surface area contributed by atoms with Crippen LogP contribution in [-0.2, 0) is 36.8 Å². The van der Waals surface area contributed by atoms with Crippen LogP contribution in [0, 0.1) is 0 Å². The molecule has 0 saturated carbocycles. The van der Waals surface area contributed by atoms with Gasteiger partial charge >= 0.3 is 0 Å². The molecule has 4 bridgehead atoms. The van der Waals surface area contributed by atoms with Crippen molar-refractivity contribution in [2.45, 2.75) is 88.4 Å². The highest BCUT2D eigenvalue weighted by atomic mass is 16.3. The van der Waals surface area contributed by atoms with Crippen LogP contribution in [0.15, 0.2) is 36.4 Å². The lowest BCUT2D eigenvalue weighted by molar-refractivity contribution is -0.134. The molecule has 0 saturated heterocycles. The van der Waals surface area contributed by atoms with Crippen molar-refractivity contribution in [2.75, 3.05) is 32.7 Å². The van der Waals surface area contributed by atoms with E-state index < -0.39 is 47.8 Å². The number of benzene rings is 2. The lowest BCUT2D eigenvalue weighted by Crippen LogP contribution is -2.58. The maximum Gasteiger partial charge on any atom is 0.243 e. The molecule has 4 atom stereocenters. The van der Waals surface area contributed by atoms with Crippen molar-refractivity contribution in [3.05, 3.63) is 47.5 Å². The summed E-state index contributed by atoms with van der Waals surface area (Å²) in [4.78, 5) is 66.0. The summed E-state index contributed by atoms with van der Waals surface area (Å²) in [5, 5.41) is 35.1. The number of phenolic OH excluding ortho intramolecular Hbond substituents is 2. The molecule has 15 N–H and O–H groups in total. The molecule has 16 heteroatoms. The molecule has 1 aliphatic heterocycles. The van der Waals surface area contributed by atoms with Crippen molar-refractivity contribution in [2.24, 2.45) is 22.9 Å². The van der Waals surface area contributed by atoms with Crippen molar-refractivity contribution in [1.82, 2.24) is 26.6 Å². The average Bonchev–Trinajstić information content (AvgIpc) is 3.13. The lowest BCUT2D eigenvalue weighted by atomic mass is 9.95. The molecular weight excluding hydrogens is 670 g/mol. The quantitative estimate of drug-likeness (QED) is 0.0868. The summed E-state index contributed by atoms with van der Waals surface area (Å²) in [6, 6.07) is 5.19. The van der Waals surface area contributed by atoms with Gasteiger partial charge in [-0.15, -0.1) is 0 Å². The van der Waals surface area contributed by atoms with Gasteiger partial charge in [0.1, 0.15) is 29.6 Å². The molecule has 0 spiro atoms. The molecule has 3 rings (SSSR count). The zero-order valence-electron chi connectivity index (χ0n) is 29.6. The van der Waals surface area contributed by atoms with Crippen LogP contribution in [0.5, 0.6) is 11.5 Å². The van der Waals surface area contributed by atoms with E-state index in [-0.39, 0.29) is 56.2 Å². The number of nitrogens with one attached hydrogen (secondary N) is 5. The van der Waals surface area contributed by atoms with Crippen LogP contribution in [0.4, 0.5) is 0 Å². The van der Waals surface area contributed by atoms with Crippen LogP contribution < -0.4 is 49.5 Å². The van der Waals surface area contributed by atoms with Crippen LogP contribution in [0.3, 0.4) is 0 Å². The van der Waals surface area contributed by atoms with Gasteiger partial charge in [0, 0.05) is 38.9 Å². The van der Waals surface area contributed by atoms with E-state index in [1.165, 1.54) is 12.1 Å². The minimum Gasteiger partial charge on any atom is -0.508 e. The molecule has 286 valence electrons. The second kappa shape index (κ2) is 21.6. The first-order valence-electron chi connectivity index (χ1n) is 17.9. The van der Waals surface area contributed by atoms with Gasteiger partial charge in [0.25, 0.3) is 0 Å². The molecule has 5 amide bonds. The first-order valence-corrected chi connectivity index (χ1v) is 17.9. The fourth-order valence-corrected chi connectivity index (χ4v) is 5.84. The number of rotatable bonds is 17. The minimum atomic E-state index is -1.28. The molecule has 0 unspecified atom stereocenters. The molecule has 2 aromatic carbocycles. The smallest absolute Gasteiger partial charge is 0.243 e. The van der Waals surface area contributed by atoms with Crippen molar-refractivity contribution in [1.29, 1.82) is 0 Å². The number of aromatic hydroxyl groups is 2. The molecule has 0 aliphatic carbocycles. The summed E-state index contributed by atoms with van der Waals surface area (Å²) in [7, 11) is 0. The van der Waals surface area contributed by atoms with Crippen LogP contribution in [0.2, 0.25) is 0 Å². The predicted octanol–water partition coefficient (Wildman–Crippen LogP) is -1.13. The predicted molar refractivity (Wildman–Crippen MR) is 197 cm³/mol. The van der Waals surface area contributed by atoms with E-state index in [1.54, 1.807) is 24.3 Å². The van der Waals surface area contributed by atoms with Gasteiger partial charge in [-0.25, -0.2) is 0 Å². The van der Waals surface area contributed by atoms with Gasteiger partial charge in [0.15, 0.2) is 0 Å². The number of nitrogens with two attached hydrogens (primary N) is 4. The maximum absolute atomic E-state index is 14.0. The summed E-state index contributed by atoms with van der Waals surface area (Å²) in [5.41, 5.74) is 25.1. The average molecular weight is 726 g/mol. The lowest BCUT2D eigenvalue weighted by Gasteiger charge is -2.26. The van der Waals surface area contributed by atoms with Crippen molar-refractivity contribution in [3.8, 4) is 22.6 Å². The maximum atomic E-state index is 14.0. The molecule has 16 nitrogen and oxygen atoms in total. The summed E-state index contributed by atoms with van der Waals surface area (Å²) in [6.45, 7) is 1.62. The molecule has 0 aromatic heterocycles. The van der Waals surface area contributed by atoms with Gasteiger partial charge in [0.05, 0.1) is 6.04 Å². The molecule has 1 heterocycles. The molecule has 0 fully saturated rings. The Morgan fingerprint density at radius 1 is 0.769 bits per heavy atom. The van der Waals surface area contributed by atoms with Gasteiger partial charge < -0.3 is 59.7 Å². The van der Waals surface area contributed by atoms with Gasteiger partial charge in [-0.05, 0) is 98.1 Å². The van der Waals surface area contributed by atoms with E-state index in [9.17, 15) is 34.2 Å². The number of hydrogen-bond acceptors (Lipinski definition) is 11. The summed E-state index contributed by atoms with van der Waals surface area (Å²) in [6.07, 6.45) is 3.31. The summed E-state index contributed by atoms with van der Waals surface area (Å²) in [5.74, 6) is -2.68. The van der Waals surface area contributed by atoms with Gasteiger partial charge in [-0.2, -0.15) is 0 Å². The first-order chi connectivity index (χ1) is 25.0. The molecule has 1 aliphatic rings. The second-order valence-corrected chi connectivity index (χ2v) is 13.0. The summed E-state index contributed by atoms with van der Waals surface area (Å²) < 4.78 is 0. The van der Waals surface area contributed by atoms with E-state index in [0.29, 0.717) is 80.4 Å². The van der Waals surface area contributed by atoms with E-state index >= 15 is 0 Å². The second-order valence-electron chi connectivity index (χ2n) is 13.0.